The summed E-state index contributed by atoms with van der Waals surface area (Å²) >= 11 is 0. The molecule has 3 nitrogen and oxygen atoms in total. The number of rotatable bonds is 8. The lowest BCUT2D eigenvalue weighted by Crippen LogP contribution is -2.48. The minimum absolute atomic E-state index is 0.291. The Morgan fingerprint density at radius 1 is 1.29 bits per heavy atom. The van der Waals surface area contributed by atoms with Gasteiger partial charge in [0.1, 0.15) is 0 Å². The van der Waals surface area contributed by atoms with Crippen LogP contribution in [0.15, 0.2) is 0 Å². The molecule has 0 saturated heterocycles. The molecule has 1 aliphatic carbocycles. The molecule has 1 aliphatic rings. The molecule has 17 heavy (non-hydrogen) atoms. The number of nitrogens with two attached hydrogens (primary N) is 1. The van der Waals surface area contributed by atoms with Crippen LogP contribution in [-0.4, -0.2) is 30.4 Å². The summed E-state index contributed by atoms with van der Waals surface area (Å²) in [4.78, 5) is 14.7. The van der Waals surface area contributed by atoms with Crippen molar-refractivity contribution < 1.29 is 4.79 Å². The Balaban J connectivity index is 2.71. The Kier molecular flexibility index (Phi) is 5.44. The molecule has 1 fully saturated rings. The summed E-state index contributed by atoms with van der Waals surface area (Å²) in [7, 11) is 0. The van der Waals surface area contributed by atoms with Gasteiger partial charge in [0, 0.05) is 19.6 Å². The molecule has 0 bridgehead atoms. The first kappa shape index (κ1) is 14.5. The first-order valence-corrected chi connectivity index (χ1v) is 7.13. The average molecular weight is 240 g/mol. The van der Waals surface area contributed by atoms with Crippen LogP contribution < -0.4 is 5.73 Å². The standard InChI is InChI=1S/C14H28N2O/c1-4-9-16(10-12-7-8-12)13(17)14(5-2,6-3)11-15/h12H,4-11,15H2,1-3H3. The second-order valence-electron chi connectivity index (χ2n) is 5.39. The lowest BCUT2D eigenvalue weighted by Gasteiger charge is -2.35. The Hall–Kier alpha value is -0.570. The molecule has 0 radical (unpaired) electrons. The highest BCUT2D eigenvalue weighted by Gasteiger charge is 2.38. The van der Waals surface area contributed by atoms with Crippen molar-refractivity contribution in [2.45, 2.75) is 52.9 Å². The van der Waals surface area contributed by atoms with Gasteiger partial charge in [-0.25, -0.2) is 0 Å². The van der Waals surface area contributed by atoms with Gasteiger partial charge in [-0.2, -0.15) is 0 Å². The largest absolute Gasteiger partial charge is 0.342 e. The molecule has 1 amide bonds. The molecular formula is C14H28N2O. The molecule has 2 N–H and O–H groups in total. The van der Waals surface area contributed by atoms with Gasteiger partial charge < -0.3 is 10.6 Å². The van der Waals surface area contributed by atoms with Gasteiger partial charge in [0.25, 0.3) is 0 Å². The van der Waals surface area contributed by atoms with Gasteiger partial charge in [0.15, 0.2) is 0 Å². The lowest BCUT2D eigenvalue weighted by molar-refractivity contribution is -0.142. The van der Waals surface area contributed by atoms with Crippen molar-refractivity contribution in [1.82, 2.24) is 4.90 Å². The molecule has 0 aliphatic heterocycles. The van der Waals surface area contributed by atoms with Crippen molar-refractivity contribution in [3.8, 4) is 0 Å². The maximum Gasteiger partial charge on any atom is 0.230 e. The lowest BCUT2D eigenvalue weighted by atomic mass is 9.81. The molecule has 0 unspecified atom stereocenters. The highest BCUT2D eigenvalue weighted by atomic mass is 16.2. The van der Waals surface area contributed by atoms with Gasteiger partial charge in [-0.05, 0) is 38.0 Å². The third kappa shape index (κ3) is 3.44. The summed E-state index contributed by atoms with van der Waals surface area (Å²) in [5.41, 5.74) is 5.55. The zero-order valence-electron chi connectivity index (χ0n) is 11.7. The average Bonchev–Trinajstić information content (AvgIpc) is 3.15. The van der Waals surface area contributed by atoms with E-state index in [4.69, 9.17) is 5.73 Å². The van der Waals surface area contributed by atoms with E-state index in [9.17, 15) is 4.79 Å². The number of carbonyl (C=O) groups excluding carboxylic acids is 1. The highest BCUT2D eigenvalue weighted by molar-refractivity contribution is 5.83. The molecule has 100 valence electrons. The summed E-state index contributed by atoms with van der Waals surface area (Å²) in [6.07, 6.45) is 5.32. The number of nitrogens with zero attached hydrogens (tertiary/aromatic N) is 1. The molecule has 0 aromatic heterocycles. The quantitative estimate of drug-likeness (QED) is 0.708. The van der Waals surface area contributed by atoms with Crippen LogP contribution in [0.25, 0.3) is 0 Å². The maximum atomic E-state index is 12.7. The topological polar surface area (TPSA) is 46.3 Å². The molecular weight excluding hydrogens is 212 g/mol. The second kappa shape index (κ2) is 6.39. The van der Waals surface area contributed by atoms with Gasteiger partial charge in [-0.15, -0.1) is 0 Å². The van der Waals surface area contributed by atoms with Crippen molar-refractivity contribution >= 4 is 5.91 Å². The third-order valence-electron chi connectivity index (χ3n) is 4.15. The van der Waals surface area contributed by atoms with Gasteiger partial charge in [-0.1, -0.05) is 20.8 Å². The number of amides is 1. The zero-order chi connectivity index (χ0) is 12.9. The van der Waals surface area contributed by atoms with E-state index in [-0.39, 0.29) is 5.41 Å². The molecule has 0 aromatic rings. The molecule has 1 rings (SSSR count). The Morgan fingerprint density at radius 2 is 1.88 bits per heavy atom. The van der Waals surface area contributed by atoms with E-state index in [1.165, 1.54) is 12.8 Å². The van der Waals surface area contributed by atoms with Crippen molar-refractivity contribution in [3.05, 3.63) is 0 Å². The summed E-state index contributed by atoms with van der Waals surface area (Å²) in [5.74, 6) is 1.05. The highest BCUT2D eigenvalue weighted by Crippen LogP contribution is 2.33. The monoisotopic (exact) mass is 240 g/mol. The minimum atomic E-state index is -0.315. The number of hydrogen-bond donors (Lipinski definition) is 1. The Morgan fingerprint density at radius 3 is 2.24 bits per heavy atom. The van der Waals surface area contributed by atoms with Crippen LogP contribution in [0, 0.1) is 11.3 Å². The van der Waals surface area contributed by atoms with Crippen LogP contribution in [-0.2, 0) is 4.79 Å². The van der Waals surface area contributed by atoms with Crippen LogP contribution in [0.2, 0.25) is 0 Å². The smallest absolute Gasteiger partial charge is 0.230 e. The second-order valence-corrected chi connectivity index (χ2v) is 5.39. The molecule has 0 spiro atoms. The summed E-state index contributed by atoms with van der Waals surface area (Å²) in [6, 6.07) is 0. The van der Waals surface area contributed by atoms with E-state index in [0.29, 0.717) is 12.5 Å². The molecule has 3 heteroatoms. The Bertz CT molecular complexity index is 236. The van der Waals surface area contributed by atoms with Gasteiger partial charge in [0.2, 0.25) is 5.91 Å². The zero-order valence-corrected chi connectivity index (χ0v) is 11.7. The van der Waals surface area contributed by atoms with E-state index in [1.54, 1.807) is 0 Å². The van der Waals surface area contributed by atoms with Crippen LogP contribution in [0.4, 0.5) is 0 Å². The fourth-order valence-corrected chi connectivity index (χ4v) is 2.42. The van der Waals surface area contributed by atoms with Crippen LogP contribution >= 0.6 is 0 Å². The van der Waals surface area contributed by atoms with Gasteiger partial charge in [0.05, 0.1) is 5.41 Å². The number of carbonyl (C=O) groups is 1. The molecule has 0 aromatic carbocycles. The maximum absolute atomic E-state index is 12.7. The minimum Gasteiger partial charge on any atom is -0.342 e. The van der Waals surface area contributed by atoms with Crippen molar-refractivity contribution in [2.75, 3.05) is 19.6 Å². The fourth-order valence-electron chi connectivity index (χ4n) is 2.42. The predicted octanol–water partition coefficient (Wildman–Crippen LogP) is 2.40. The van der Waals surface area contributed by atoms with E-state index in [1.807, 2.05) is 0 Å². The van der Waals surface area contributed by atoms with E-state index in [2.05, 4.69) is 25.7 Å². The molecule has 0 heterocycles. The summed E-state index contributed by atoms with van der Waals surface area (Å²) in [5, 5.41) is 0. The normalized spacial score (nSPS) is 16.0. The first-order valence-electron chi connectivity index (χ1n) is 7.13. The molecule has 1 saturated carbocycles. The summed E-state index contributed by atoms with van der Waals surface area (Å²) in [6.45, 7) is 8.61. The van der Waals surface area contributed by atoms with Crippen LogP contribution in [0.1, 0.15) is 52.9 Å². The third-order valence-corrected chi connectivity index (χ3v) is 4.15. The van der Waals surface area contributed by atoms with Crippen LogP contribution in [0.3, 0.4) is 0 Å². The van der Waals surface area contributed by atoms with Gasteiger partial charge in [-0.3, -0.25) is 4.79 Å². The summed E-state index contributed by atoms with van der Waals surface area (Å²) < 4.78 is 0. The van der Waals surface area contributed by atoms with Crippen molar-refractivity contribution in [2.24, 2.45) is 17.1 Å². The van der Waals surface area contributed by atoms with E-state index >= 15 is 0 Å². The van der Waals surface area contributed by atoms with Crippen LogP contribution in [0.5, 0.6) is 0 Å². The van der Waals surface area contributed by atoms with Crippen molar-refractivity contribution in [1.29, 1.82) is 0 Å². The fraction of sp³-hybridized carbons (Fsp3) is 0.929. The first-order chi connectivity index (χ1) is 8.13. The van der Waals surface area contributed by atoms with E-state index in [0.717, 1.165) is 38.3 Å². The molecule has 0 atom stereocenters. The van der Waals surface area contributed by atoms with Crippen molar-refractivity contribution in [3.63, 3.8) is 0 Å². The predicted molar refractivity (Wildman–Crippen MR) is 71.7 cm³/mol. The number of hydrogen-bond acceptors (Lipinski definition) is 2. The SMILES string of the molecule is CCCN(CC1CC1)C(=O)C(CC)(CC)CN. The Labute approximate surface area is 106 Å². The van der Waals surface area contributed by atoms with E-state index < -0.39 is 0 Å². The van der Waals surface area contributed by atoms with Gasteiger partial charge >= 0.3 is 0 Å².